The monoisotopic (exact) mass is 398 g/mol. The molecule has 0 radical (unpaired) electrons. The van der Waals surface area contributed by atoms with Crippen molar-refractivity contribution in [3.8, 4) is 0 Å². The van der Waals surface area contributed by atoms with Gasteiger partial charge in [0.1, 0.15) is 0 Å². The number of amides is 1. The van der Waals surface area contributed by atoms with Crippen LogP contribution in [0.1, 0.15) is 18.1 Å². The number of carbonyl (C=O) groups is 1. The number of thioether (sulfide) groups is 1. The first-order valence-corrected chi connectivity index (χ1v) is 10.5. The fourth-order valence-corrected chi connectivity index (χ4v) is 4.29. The first kappa shape index (κ1) is 19.4. The molecule has 7 heteroatoms. The molecule has 0 aliphatic rings. The topological polar surface area (TPSA) is 66.9 Å². The van der Waals surface area contributed by atoms with E-state index in [2.05, 4.69) is 33.0 Å². The molecule has 0 fully saturated rings. The average molecular weight is 399 g/mol. The molecule has 5 nitrogen and oxygen atoms in total. The van der Waals surface area contributed by atoms with Gasteiger partial charge in [-0.2, -0.15) is 0 Å². The molecule has 0 saturated heterocycles. The first-order chi connectivity index (χ1) is 13.1. The fourth-order valence-electron chi connectivity index (χ4n) is 2.37. The van der Waals surface area contributed by atoms with Gasteiger partial charge in [0.25, 0.3) is 0 Å². The highest BCUT2D eigenvalue weighted by Crippen LogP contribution is 2.29. The molecule has 1 amide bonds. The van der Waals surface area contributed by atoms with Crippen LogP contribution >= 0.6 is 23.1 Å². The van der Waals surface area contributed by atoms with Gasteiger partial charge >= 0.3 is 0 Å². The first-order valence-electron chi connectivity index (χ1n) is 8.75. The van der Waals surface area contributed by atoms with Crippen LogP contribution < -0.4 is 10.6 Å². The summed E-state index contributed by atoms with van der Waals surface area (Å²) in [5, 5.41) is 15.1. The van der Waals surface area contributed by atoms with Gasteiger partial charge in [0.2, 0.25) is 11.0 Å². The summed E-state index contributed by atoms with van der Waals surface area (Å²) in [5.74, 6) is -0.0439. The van der Waals surface area contributed by atoms with Crippen molar-refractivity contribution in [2.45, 2.75) is 29.9 Å². The molecule has 0 saturated carbocycles. The number of aromatic nitrogens is 2. The van der Waals surface area contributed by atoms with E-state index in [-0.39, 0.29) is 11.2 Å². The van der Waals surface area contributed by atoms with Gasteiger partial charge < -0.3 is 10.6 Å². The van der Waals surface area contributed by atoms with Crippen molar-refractivity contribution < 1.29 is 4.79 Å². The van der Waals surface area contributed by atoms with E-state index in [1.165, 1.54) is 28.7 Å². The van der Waals surface area contributed by atoms with Gasteiger partial charge in [-0.25, -0.2) is 0 Å². The molecule has 0 aliphatic heterocycles. The summed E-state index contributed by atoms with van der Waals surface area (Å²) in [7, 11) is 0. The third kappa shape index (κ3) is 6.08. The maximum Gasteiger partial charge on any atom is 0.237 e. The van der Waals surface area contributed by atoms with Crippen LogP contribution in [0.3, 0.4) is 0 Å². The zero-order chi connectivity index (χ0) is 19.1. The number of rotatable bonds is 8. The van der Waals surface area contributed by atoms with Crippen molar-refractivity contribution in [3.63, 3.8) is 0 Å². The van der Waals surface area contributed by atoms with E-state index in [1.807, 2.05) is 56.3 Å². The third-order valence-corrected chi connectivity index (χ3v) is 5.97. The number of carbonyl (C=O) groups excluding carboxylic acids is 1. The van der Waals surface area contributed by atoms with E-state index in [4.69, 9.17) is 0 Å². The number of nitrogens with one attached hydrogen (secondary N) is 2. The Bertz CT molecular complexity index is 865. The fraction of sp³-hybridized carbons (Fsp3) is 0.250. The highest BCUT2D eigenvalue weighted by molar-refractivity contribution is 8.02. The van der Waals surface area contributed by atoms with Crippen LogP contribution in [-0.2, 0) is 11.2 Å². The molecule has 0 bridgehead atoms. The molecule has 140 valence electrons. The van der Waals surface area contributed by atoms with Gasteiger partial charge in [0.05, 0.1) is 5.25 Å². The molecule has 1 heterocycles. The van der Waals surface area contributed by atoms with Crippen LogP contribution in [0.5, 0.6) is 0 Å². The molecular formula is C20H22N4OS2. The summed E-state index contributed by atoms with van der Waals surface area (Å²) in [5.41, 5.74) is 3.25. The number of hydrogen-bond acceptors (Lipinski definition) is 6. The van der Waals surface area contributed by atoms with Gasteiger partial charge in [-0.3, -0.25) is 4.79 Å². The van der Waals surface area contributed by atoms with Gasteiger partial charge in [0.15, 0.2) is 4.34 Å². The SMILES string of the molecule is Cc1ccc(NC(=O)[C@H](C)Sc2nnc(NCCc3ccccc3)s2)cc1. The second kappa shape index (κ2) is 9.53. The molecule has 1 aromatic heterocycles. The second-order valence-corrected chi connectivity index (χ2v) is 8.72. The van der Waals surface area contributed by atoms with Crippen molar-refractivity contribution >= 4 is 39.8 Å². The number of nitrogens with zero attached hydrogens (tertiary/aromatic N) is 2. The van der Waals surface area contributed by atoms with Crippen LogP contribution in [-0.4, -0.2) is 27.9 Å². The molecule has 0 spiro atoms. The minimum atomic E-state index is -0.253. The minimum Gasteiger partial charge on any atom is -0.360 e. The smallest absolute Gasteiger partial charge is 0.237 e. The lowest BCUT2D eigenvalue weighted by atomic mass is 10.2. The Morgan fingerprint density at radius 1 is 1.11 bits per heavy atom. The summed E-state index contributed by atoms with van der Waals surface area (Å²) in [6.07, 6.45) is 0.929. The van der Waals surface area contributed by atoms with Gasteiger partial charge in [-0.05, 0) is 38.0 Å². The Hall–Kier alpha value is -2.38. The summed E-state index contributed by atoms with van der Waals surface area (Å²) < 4.78 is 0.781. The molecule has 27 heavy (non-hydrogen) atoms. The van der Waals surface area contributed by atoms with Crippen molar-refractivity contribution in [3.05, 3.63) is 65.7 Å². The van der Waals surface area contributed by atoms with Crippen molar-refractivity contribution in [1.82, 2.24) is 10.2 Å². The lowest BCUT2D eigenvalue weighted by molar-refractivity contribution is -0.115. The van der Waals surface area contributed by atoms with Gasteiger partial charge in [-0.1, -0.05) is 71.1 Å². The minimum absolute atomic E-state index is 0.0439. The van der Waals surface area contributed by atoms with Crippen LogP contribution in [0.15, 0.2) is 58.9 Å². The highest BCUT2D eigenvalue weighted by Gasteiger charge is 2.17. The quantitative estimate of drug-likeness (QED) is 0.542. The van der Waals surface area contributed by atoms with E-state index in [0.717, 1.165) is 33.7 Å². The molecule has 3 rings (SSSR count). The number of anilines is 2. The molecule has 3 aromatic rings. The Labute approximate surface area is 167 Å². The molecule has 2 N–H and O–H groups in total. The number of aryl methyl sites for hydroxylation is 1. The largest absolute Gasteiger partial charge is 0.360 e. The lowest BCUT2D eigenvalue weighted by Crippen LogP contribution is -2.22. The normalized spacial score (nSPS) is 11.8. The summed E-state index contributed by atoms with van der Waals surface area (Å²) in [4.78, 5) is 12.3. The maximum atomic E-state index is 12.3. The Kier molecular flexibility index (Phi) is 6.84. The highest BCUT2D eigenvalue weighted by atomic mass is 32.2. The van der Waals surface area contributed by atoms with Crippen LogP contribution in [0, 0.1) is 6.92 Å². The predicted molar refractivity (Wildman–Crippen MR) is 114 cm³/mol. The van der Waals surface area contributed by atoms with Crippen LogP contribution in [0.2, 0.25) is 0 Å². The van der Waals surface area contributed by atoms with E-state index in [1.54, 1.807) is 0 Å². The molecule has 2 aromatic carbocycles. The average Bonchev–Trinajstić information content (AvgIpc) is 3.11. The van der Waals surface area contributed by atoms with Crippen molar-refractivity contribution in [1.29, 1.82) is 0 Å². The molecule has 1 atom stereocenters. The summed E-state index contributed by atoms with van der Waals surface area (Å²) in [6.45, 7) is 4.69. The van der Waals surface area contributed by atoms with Crippen molar-refractivity contribution in [2.75, 3.05) is 17.2 Å². The predicted octanol–water partition coefficient (Wildman–Crippen LogP) is 4.62. The number of hydrogen-bond donors (Lipinski definition) is 2. The Morgan fingerprint density at radius 2 is 1.85 bits per heavy atom. The molecule has 0 aliphatic carbocycles. The standard InChI is InChI=1S/C20H22N4OS2/c1-14-8-10-17(11-9-14)22-18(25)15(2)26-20-24-23-19(27-20)21-13-12-16-6-4-3-5-7-16/h3-11,15H,12-13H2,1-2H3,(H,21,23)(H,22,25)/t15-/m0/s1. The Balaban J connectivity index is 1.46. The zero-order valence-electron chi connectivity index (χ0n) is 15.3. The van der Waals surface area contributed by atoms with Gasteiger partial charge in [0, 0.05) is 12.2 Å². The van der Waals surface area contributed by atoms with Crippen molar-refractivity contribution in [2.24, 2.45) is 0 Å². The molecule has 0 unspecified atom stereocenters. The second-order valence-electron chi connectivity index (χ2n) is 6.15. The van der Waals surface area contributed by atoms with Gasteiger partial charge in [-0.15, -0.1) is 10.2 Å². The third-order valence-electron chi connectivity index (χ3n) is 3.91. The van der Waals surface area contributed by atoms with E-state index >= 15 is 0 Å². The zero-order valence-corrected chi connectivity index (χ0v) is 16.9. The van der Waals surface area contributed by atoms with Crippen LogP contribution in [0.25, 0.3) is 0 Å². The summed E-state index contributed by atoms with van der Waals surface area (Å²) >= 11 is 2.89. The van der Waals surface area contributed by atoms with E-state index in [9.17, 15) is 4.79 Å². The number of benzene rings is 2. The van der Waals surface area contributed by atoms with E-state index < -0.39 is 0 Å². The van der Waals surface area contributed by atoms with Crippen LogP contribution in [0.4, 0.5) is 10.8 Å². The summed E-state index contributed by atoms with van der Waals surface area (Å²) in [6, 6.07) is 18.1. The Morgan fingerprint density at radius 3 is 2.59 bits per heavy atom. The lowest BCUT2D eigenvalue weighted by Gasteiger charge is -2.10. The maximum absolute atomic E-state index is 12.3. The van der Waals surface area contributed by atoms with E-state index in [0.29, 0.717) is 0 Å². The molecular weight excluding hydrogens is 376 g/mol.